The number of rotatable bonds is 2. The SMILES string of the molecule is CCc1nc2ccccc2n1C1CC(C)(C)CCC1N. The van der Waals surface area contributed by atoms with E-state index in [4.69, 9.17) is 10.7 Å². The van der Waals surface area contributed by atoms with E-state index in [-0.39, 0.29) is 6.04 Å². The molecule has 0 spiro atoms. The number of aryl methyl sites for hydroxylation is 1. The predicted molar refractivity (Wildman–Crippen MR) is 83.8 cm³/mol. The molecule has 3 rings (SSSR count). The average molecular weight is 271 g/mol. The molecular weight excluding hydrogens is 246 g/mol. The van der Waals surface area contributed by atoms with Crippen LogP contribution in [0.15, 0.2) is 24.3 Å². The summed E-state index contributed by atoms with van der Waals surface area (Å²) >= 11 is 0. The number of aromatic nitrogens is 2. The van der Waals surface area contributed by atoms with Crippen LogP contribution in [0.2, 0.25) is 0 Å². The first kappa shape index (κ1) is 13.6. The van der Waals surface area contributed by atoms with Crippen molar-refractivity contribution in [3.63, 3.8) is 0 Å². The Balaban J connectivity index is 2.12. The third-order valence-corrected chi connectivity index (χ3v) is 4.73. The quantitative estimate of drug-likeness (QED) is 0.905. The summed E-state index contributed by atoms with van der Waals surface area (Å²) < 4.78 is 2.42. The van der Waals surface area contributed by atoms with Gasteiger partial charge in [0.1, 0.15) is 5.82 Å². The molecule has 1 saturated carbocycles. The van der Waals surface area contributed by atoms with Gasteiger partial charge in [-0.25, -0.2) is 4.98 Å². The van der Waals surface area contributed by atoms with Crippen molar-refractivity contribution >= 4 is 11.0 Å². The number of imidazole rings is 1. The van der Waals surface area contributed by atoms with Gasteiger partial charge in [0.2, 0.25) is 0 Å². The van der Waals surface area contributed by atoms with E-state index in [1.54, 1.807) is 0 Å². The Bertz CT molecular complexity index is 612. The van der Waals surface area contributed by atoms with E-state index in [0.717, 1.165) is 24.8 Å². The second-order valence-electron chi connectivity index (χ2n) is 6.88. The smallest absolute Gasteiger partial charge is 0.109 e. The van der Waals surface area contributed by atoms with Gasteiger partial charge in [0.15, 0.2) is 0 Å². The molecule has 0 saturated heterocycles. The minimum atomic E-state index is 0.242. The van der Waals surface area contributed by atoms with Crippen molar-refractivity contribution in [1.29, 1.82) is 0 Å². The van der Waals surface area contributed by atoms with Crippen LogP contribution in [0.4, 0.5) is 0 Å². The third kappa shape index (κ3) is 2.24. The van der Waals surface area contributed by atoms with Gasteiger partial charge in [-0.2, -0.15) is 0 Å². The van der Waals surface area contributed by atoms with Gasteiger partial charge in [-0.3, -0.25) is 0 Å². The van der Waals surface area contributed by atoms with E-state index < -0.39 is 0 Å². The zero-order valence-electron chi connectivity index (χ0n) is 12.8. The number of nitrogens with zero attached hydrogens (tertiary/aromatic N) is 2. The van der Waals surface area contributed by atoms with E-state index in [2.05, 4.69) is 49.6 Å². The monoisotopic (exact) mass is 271 g/mol. The topological polar surface area (TPSA) is 43.8 Å². The van der Waals surface area contributed by atoms with Gasteiger partial charge in [0, 0.05) is 12.5 Å². The molecule has 0 amide bonds. The number of fused-ring (bicyclic) bond motifs is 1. The van der Waals surface area contributed by atoms with E-state index in [9.17, 15) is 0 Å². The first-order valence-electron chi connectivity index (χ1n) is 7.73. The molecule has 1 heterocycles. The molecule has 0 radical (unpaired) electrons. The molecule has 2 atom stereocenters. The minimum Gasteiger partial charge on any atom is -0.326 e. The van der Waals surface area contributed by atoms with E-state index in [1.165, 1.54) is 17.8 Å². The maximum absolute atomic E-state index is 6.46. The van der Waals surface area contributed by atoms with Crippen LogP contribution < -0.4 is 5.73 Å². The van der Waals surface area contributed by atoms with Gasteiger partial charge >= 0.3 is 0 Å². The highest BCUT2D eigenvalue weighted by molar-refractivity contribution is 5.76. The predicted octanol–water partition coefficient (Wildman–Crippen LogP) is 3.68. The van der Waals surface area contributed by atoms with Gasteiger partial charge < -0.3 is 10.3 Å². The largest absolute Gasteiger partial charge is 0.326 e. The van der Waals surface area contributed by atoms with Crippen LogP contribution in [0.5, 0.6) is 0 Å². The normalized spacial score (nSPS) is 26.0. The Kier molecular flexibility index (Phi) is 3.33. The lowest BCUT2D eigenvalue weighted by atomic mass is 9.73. The second-order valence-corrected chi connectivity index (χ2v) is 6.88. The summed E-state index contributed by atoms with van der Waals surface area (Å²) in [6.07, 6.45) is 4.42. The Labute approximate surface area is 121 Å². The lowest BCUT2D eigenvalue weighted by Gasteiger charge is -2.40. The summed E-state index contributed by atoms with van der Waals surface area (Å²) in [5, 5.41) is 0. The minimum absolute atomic E-state index is 0.242. The molecule has 1 aromatic carbocycles. The highest BCUT2D eigenvalue weighted by atomic mass is 15.1. The fourth-order valence-electron chi connectivity index (χ4n) is 3.57. The Morgan fingerprint density at radius 2 is 2.10 bits per heavy atom. The molecule has 2 N–H and O–H groups in total. The first-order valence-corrected chi connectivity index (χ1v) is 7.73. The van der Waals surface area contributed by atoms with Crippen LogP contribution in [0, 0.1) is 5.41 Å². The molecule has 0 aliphatic heterocycles. The van der Waals surface area contributed by atoms with Gasteiger partial charge in [-0.05, 0) is 36.8 Å². The van der Waals surface area contributed by atoms with Crippen LogP contribution in [0.3, 0.4) is 0 Å². The lowest BCUT2D eigenvalue weighted by molar-refractivity contribution is 0.162. The van der Waals surface area contributed by atoms with Crippen molar-refractivity contribution < 1.29 is 0 Å². The number of para-hydroxylation sites is 2. The number of benzene rings is 1. The summed E-state index contributed by atoms with van der Waals surface area (Å²) in [6.45, 7) is 6.89. The van der Waals surface area contributed by atoms with Crippen molar-refractivity contribution in [2.45, 2.75) is 58.5 Å². The van der Waals surface area contributed by atoms with Crippen molar-refractivity contribution in [3.05, 3.63) is 30.1 Å². The van der Waals surface area contributed by atoms with Crippen molar-refractivity contribution in [3.8, 4) is 0 Å². The van der Waals surface area contributed by atoms with Gasteiger partial charge in [-0.1, -0.05) is 32.9 Å². The molecule has 3 heteroatoms. The molecule has 3 nitrogen and oxygen atoms in total. The van der Waals surface area contributed by atoms with Crippen LogP contribution >= 0.6 is 0 Å². The fraction of sp³-hybridized carbons (Fsp3) is 0.588. The lowest BCUT2D eigenvalue weighted by Crippen LogP contribution is -2.41. The number of hydrogen-bond donors (Lipinski definition) is 1. The molecule has 108 valence electrons. The third-order valence-electron chi connectivity index (χ3n) is 4.73. The van der Waals surface area contributed by atoms with Gasteiger partial charge in [0.05, 0.1) is 17.1 Å². The molecule has 20 heavy (non-hydrogen) atoms. The molecule has 1 fully saturated rings. The Morgan fingerprint density at radius 3 is 2.85 bits per heavy atom. The molecule has 0 bridgehead atoms. The average Bonchev–Trinajstić information content (AvgIpc) is 2.80. The standard InChI is InChI=1S/C17H25N3/c1-4-16-19-13-7-5-6-8-14(13)20(16)15-11-17(2,3)10-9-12(15)18/h5-8,12,15H,4,9-11,18H2,1-3H3. The highest BCUT2D eigenvalue weighted by Gasteiger charge is 2.35. The molecule has 1 aliphatic rings. The summed E-state index contributed by atoms with van der Waals surface area (Å²) in [5.41, 5.74) is 9.16. The van der Waals surface area contributed by atoms with Gasteiger partial charge in [0.25, 0.3) is 0 Å². The van der Waals surface area contributed by atoms with E-state index >= 15 is 0 Å². The number of nitrogens with two attached hydrogens (primary N) is 1. The zero-order valence-corrected chi connectivity index (χ0v) is 12.8. The molecule has 2 aromatic rings. The van der Waals surface area contributed by atoms with Crippen LogP contribution in [-0.4, -0.2) is 15.6 Å². The Morgan fingerprint density at radius 1 is 1.35 bits per heavy atom. The summed E-state index contributed by atoms with van der Waals surface area (Å²) in [6, 6.07) is 9.05. The second kappa shape index (κ2) is 4.88. The molecule has 1 aromatic heterocycles. The zero-order chi connectivity index (χ0) is 14.3. The van der Waals surface area contributed by atoms with Crippen LogP contribution in [-0.2, 0) is 6.42 Å². The van der Waals surface area contributed by atoms with Crippen LogP contribution in [0.25, 0.3) is 11.0 Å². The van der Waals surface area contributed by atoms with Crippen molar-refractivity contribution in [1.82, 2.24) is 9.55 Å². The molecule has 1 aliphatic carbocycles. The Hall–Kier alpha value is -1.35. The highest BCUT2D eigenvalue weighted by Crippen LogP contribution is 2.42. The maximum atomic E-state index is 6.46. The van der Waals surface area contributed by atoms with E-state index in [1.807, 2.05) is 0 Å². The van der Waals surface area contributed by atoms with Crippen LogP contribution in [0.1, 0.15) is 51.9 Å². The van der Waals surface area contributed by atoms with Crippen molar-refractivity contribution in [2.75, 3.05) is 0 Å². The molecule has 2 unspecified atom stereocenters. The summed E-state index contributed by atoms with van der Waals surface area (Å²) in [7, 11) is 0. The summed E-state index contributed by atoms with van der Waals surface area (Å²) in [4.78, 5) is 4.80. The van der Waals surface area contributed by atoms with Gasteiger partial charge in [-0.15, -0.1) is 0 Å². The summed E-state index contributed by atoms with van der Waals surface area (Å²) in [5.74, 6) is 1.17. The first-order chi connectivity index (χ1) is 9.52. The van der Waals surface area contributed by atoms with E-state index in [0.29, 0.717) is 11.5 Å². The fourth-order valence-corrected chi connectivity index (χ4v) is 3.57. The molecular formula is C17H25N3. The number of hydrogen-bond acceptors (Lipinski definition) is 2. The maximum Gasteiger partial charge on any atom is 0.109 e. The van der Waals surface area contributed by atoms with Crippen molar-refractivity contribution in [2.24, 2.45) is 11.1 Å².